The van der Waals surface area contributed by atoms with Crippen LogP contribution in [0.25, 0.3) is 0 Å². The molecule has 0 aromatic rings. The summed E-state index contributed by atoms with van der Waals surface area (Å²) in [6.45, 7) is 2.97. The van der Waals surface area contributed by atoms with Crippen LogP contribution >= 0.6 is 0 Å². The topological polar surface area (TPSA) is 63.6 Å². The van der Waals surface area contributed by atoms with Crippen LogP contribution < -0.4 is 0 Å². The molecule has 0 rings (SSSR count). The molecule has 0 bridgehead atoms. The van der Waals surface area contributed by atoms with E-state index in [1.165, 1.54) is 6.08 Å². The van der Waals surface area contributed by atoms with Crippen LogP contribution in [0, 0.1) is 0 Å². The van der Waals surface area contributed by atoms with Crippen molar-refractivity contribution >= 4 is 68.6 Å². The van der Waals surface area contributed by atoms with Gasteiger partial charge in [-0.3, -0.25) is 4.55 Å². The first kappa shape index (κ1) is 13.0. The van der Waals surface area contributed by atoms with Crippen LogP contribution in [-0.2, 0) is 14.6 Å². The molecule has 0 aromatic heterocycles. The zero-order valence-electron chi connectivity index (χ0n) is 4.07. The summed E-state index contributed by atoms with van der Waals surface area (Å²) < 4.78 is 31.0. The zero-order chi connectivity index (χ0) is 6.62. The Morgan fingerprint density at radius 2 is 2.11 bits per heavy atom. The third-order valence-corrected chi connectivity index (χ3v) is 0.769. The zero-order valence-corrected chi connectivity index (χ0v) is 4.89. The van der Waals surface area contributed by atoms with Gasteiger partial charge in [0.05, 0.1) is 6.61 Å². The normalized spacial score (nSPS) is 9.89. The molecule has 6 heteroatoms. The van der Waals surface area contributed by atoms with Crippen LogP contribution in [-0.4, -0.2) is 77.8 Å². The monoisotopic (exact) mass is 224 g/mol. The molecule has 0 unspecified atom stereocenters. The standard InChI is InChI=1S/C3H6O4S.Rb.H/c1-2-3-7-8(4,5)6;;/h2H,1,3H2,(H,4,5,6);;. The first-order chi connectivity index (χ1) is 3.56. The van der Waals surface area contributed by atoms with Crippen molar-refractivity contribution < 1.29 is 17.2 Å². The predicted octanol–water partition coefficient (Wildman–Crippen LogP) is -0.657. The van der Waals surface area contributed by atoms with E-state index in [4.69, 9.17) is 4.55 Å². The summed E-state index contributed by atoms with van der Waals surface area (Å²) in [7, 11) is -4.26. The van der Waals surface area contributed by atoms with Gasteiger partial charge >= 0.3 is 68.6 Å². The second kappa shape index (κ2) is 6.15. The van der Waals surface area contributed by atoms with Crippen LogP contribution in [0.4, 0.5) is 0 Å². The fraction of sp³-hybridized carbons (Fsp3) is 0.333. The van der Waals surface area contributed by atoms with Crippen molar-refractivity contribution in [1.29, 1.82) is 0 Å². The van der Waals surface area contributed by atoms with Crippen LogP contribution in [0.15, 0.2) is 12.7 Å². The van der Waals surface area contributed by atoms with Gasteiger partial charge in [-0.1, -0.05) is 6.08 Å². The van der Waals surface area contributed by atoms with Gasteiger partial charge in [0.15, 0.2) is 0 Å². The summed E-state index contributed by atoms with van der Waals surface area (Å²) in [6, 6.07) is 0. The van der Waals surface area contributed by atoms with E-state index in [1.807, 2.05) is 0 Å². The molecular formula is C3H7O4RbS. The molecule has 0 radical (unpaired) electrons. The molecule has 0 aliphatic heterocycles. The van der Waals surface area contributed by atoms with E-state index in [2.05, 4.69) is 10.8 Å². The van der Waals surface area contributed by atoms with Crippen LogP contribution in [0.5, 0.6) is 0 Å². The molecule has 0 fully saturated rings. The molecule has 0 heterocycles. The summed E-state index contributed by atoms with van der Waals surface area (Å²) in [5.41, 5.74) is 0. The summed E-state index contributed by atoms with van der Waals surface area (Å²) in [5, 5.41) is 0. The molecule has 0 amide bonds. The molecule has 50 valence electrons. The van der Waals surface area contributed by atoms with Gasteiger partial charge in [0.1, 0.15) is 0 Å². The van der Waals surface area contributed by atoms with E-state index >= 15 is 0 Å². The van der Waals surface area contributed by atoms with E-state index in [9.17, 15) is 8.42 Å². The minimum atomic E-state index is -4.26. The molecule has 0 aliphatic rings. The Hall–Kier alpha value is 1.42. The maximum atomic E-state index is 9.68. The van der Waals surface area contributed by atoms with Crippen LogP contribution in [0.1, 0.15) is 0 Å². The van der Waals surface area contributed by atoms with Gasteiger partial charge in [0, 0.05) is 0 Å². The van der Waals surface area contributed by atoms with Crippen molar-refractivity contribution in [2.75, 3.05) is 6.61 Å². The number of hydrogen-bond acceptors (Lipinski definition) is 3. The Kier molecular flexibility index (Phi) is 8.90. The molecule has 0 aromatic carbocycles. The van der Waals surface area contributed by atoms with E-state index in [0.29, 0.717) is 0 Å². The summed E-state index contributed by atoms with van der Waals surface area (Å²) in [4.78, 5) is 0. The van der Waals surface area contributed by atoms with Crippen molar-refractivity contribution in [3.05, 3.63) is 12.7 Å². The predicted molar refractivity (Wildman–Crippen MR) is 34.8 cm³/mol. The van der Waals surface area contributed by atoms with Crippen molar-refractivity contribution in [3.8, 4) is 0 Å². The number of rotatable bonds is 3. The molecule has 1 N–H and O–H groups in total. The van der Waals surface area contributed by atoms with E-state index < -0.39 is 10.4 Å². The van der Waals surface area contributed by atoms with Gasteiger partial charge in [0.2, 0.25) is 0 Å². The van der Waals surface area contributed by atoms with Crippen molar-refractivity contribution in [3.63, 3.8) is 0 Å². The van der Waals surface area contributed by atoms with Gasteiger partial charge in [-0.05, 0) is 0 Å². The van der Waals surface area contributed by atoms with Crippen molar-refractivity contribution in [2.45, 2.75) is 0 Å². The van der Waals surface area contributed by atoms with E-state index in [0.717, 1.165) is 0 Å². The van der Waals surface area contributed by atoms with Crippen LogP contribution in [0.2, 0.25) is 0 Å². The molecule has 0 saturated heterocycles. The minimum absolute atomic E-state index is 0. The third kappa shape index (κ3) is 12.6. The maximum absolute atomic E-state index is 9.68. The number of hydrogen-bond donors (Lipinski definition) is 1. The summed E-state index contributed by atoms with van der Waals surface area (Å²) >= 11 is 0. The Morgan fingerprint density at radius 3 is 2.22 bits per heavy atom. The van der Waals surface area contributed by atoms with Gasteiger partial charge in [-0.25, -0.2) is 4.18 Å². The fourth-order valence-corrected chi connectivity index (χ4v) is 0.402. The third-order valence-electron chi connectivity index (χ3n) is 0.335. The average Bonchev–Trinajstić information content (AvgIpc) is 1.59. The first-order valence-electron chi connectivity index (χ1n) is 1.79. The Balaban J connectivity index is 0. The molecule has 0 spiro atoms. The van der Waals surface area contributed by atoms with Gasteiger partial charge in [0.25, 0.3) is 0 Å². The van der Waals surface area contributed by atoms with Crippen LogP contribution in [0.3, 0.4) is 0 Å². The Morgan fingerprint density at radius 1 is 1.67 bits per heavy atom. The van der Waals surface area contributed by atoms with Gasteiger partial charge < -0.3 is 0 Å². The van der Waals surface area contributed by atoms with Gasteiger partial charge in [-0.15, -0.1) is 6.58 Å². The second-order valence-electron chi connectivity index (χ2n) is 1.00. The first-order valence-corrected chi connectivity index (χ1v) is 3.15. The quantitative estimate of drug-likeness (QED) is 0.511. The Labute approximate surface area is 103 Å². The second-order valence-corrected chi connectivity index (χ2v) is 2.09. The molecule has 9 heavy (non-hydrogen) atoms. The van der Waals surface area contributed by atoms with Gasteiger partial charge in [-0.2, -0.15) is 8.42 Å². The summed E-state index contributed by atoms with van der Waals surface area (Å²) in [6.07, 6.45) is 1.22. The molecule has 4 nitrogen and oxygen atoms in total. The molecule has 0 saturated carbocycles. The van der Waals surface area contributed by atoms with Crippen molar-refractivity contribution in [1.82, 2.24) is 0 Å². The molecule has 0 atom stereocenters. The van der Waals surface area contributed by atoms with Crippen molar-refractivity contribution in [2.24, 2.45) is 0 Å². The van der Waals surface area contributed by atoms with E-state index in [1.54, 1.807) is 0 Å². The molecular weight excluding hydrogens is 218 g/mol. The SMILES string of the molecule is C=CCOS(=O)(=O)O.[RbH]. The summed E-state index contributed by atoms with van der Waals surface area (Å²) in [5.74, 6) is 0. The average molecular weight is 225 g/mol. The molecule has 0 aliphatic carbocycles. The van der Waals surface area contributed by atoms with E-state index in [-0.39, 0.29) is 64.8 Å². The fourth-order valence-electron chi connectivity index (χ4n) is 0.134. The Bertz CT molecular complexity index is 161.